The van der Waals surface area contributed by atoms with Crippen LogP contribution in [-0.2, 0) is 4.74 Å². The van der Waals surface area contributed by atoms with Crippen molar-refractivity contribution in [3.05, 3.63) is 29.0 Å². The molecule has 0 bridgehead atoms. The first kappa shape index (κ1) is 12.4. The molecule has 1 aromatic heterocycles. The van der Waals surface area contributed by atoms with Crippen molar-refractivity contribution in [1.82, 2.24) is 10.3 Å². The molecule has 0 saturated heterocycles. The molecule has 0 spiro atoms. The van der Waals surface area contributed by atoms with Crippen molar-refractivity contribution in [2.24, 2.45) is 0 Å². The fraction of sp³-hybridized carbons (Fsp3) is 0.545. The van der Waals surface area contributed by atoms with Crippen LogP contribution in [0.25, 0.3) is 0 Å². The van der Waals surface area contributed by atoms with Crippen LogP contribution in [0.2, 0.25) is 5.15 Å². The average Bonchev–Trinajstić information content (AvgIpc) is 2.18. The highest BCUT2D eigenvalue weighted by molar-refractivity contribution is 6.29. The van der Waals surface area contributed by atoms with Gasteiger partial charge in [0.25, 0.3) is 0 Å². The molecule has 0 fully saturated rings. The van der Waals surface area contributed by atoms with Crippen molar-refractivity contribution in [2.45, 2.75) is 25.9 Å². The van der Waals surface area contributed by atoms with E-state index in [9.17, 15) is 0 Å². The van der Waals surface area contributed by atoms with Crippen LogP contribution in [0.4, 0.5) is 0 Å². The van der Waals surface area contributed by atoms with Gasteiger partial charge in [0.05, 0.1) is 6.61 Å². The maximum absolute atomic E-state index is 5.72. The van der Waals surface area contributed by atoms with Crippen molar-refractivity contribution in [2.75, 3.05) is 13.7 Å². The van der Waals surface area contributed by atoms with E-state index in [1.807, 2.05) is 6.07 Å². The third kappa shape index (κ3) is 4.16. The summed E-state index contributed by atoms with van der Waals surface area (Å²) in [5.41, 5.74) is 1.13. The molecule has 1 N–H and O–H groups in total. The molecule has 0 radical (unpaired) electrons. The summed E-state index contributed by atoms with van der Waals surface area (Å²) < 4.78 is 5.06. The lowest BCUT2D eigenvalue weighted by atomic mass is 10.1. The molecule has 0 aliphatic carbocycles. The van der Waals surface area contributed by atoms with Gasteiger partial charge in [-0.15, -0.1) is 0 Å². The summed E-state index contributed by atoms with van der Waals surface area (Å²) in [5.74, 6) is 0. The molecule has 2 atom stereocenters. The second-order valence-electron chi connectivity index (χ2n) is 3.66. The standard InChI is InChI=1S/C11H17ClN2O/c1-8(7-15-3)14-9(2)10-4-5-11(12)13-6-10/h4-6,8-9,14H,7H2,1-3H3. The molecule has 1 aromatic rings. The summed E-state index contributed by atoms with van der Waals surface area (Å²) in [4.78, 5) is 4.05. The lowest BCUT2D eigenvalue weighted by Gasteiger charge is -2.19. The zero-order valence-electron chi connectivity index (χ0n) is 9.33. The van der Waals surface area contributed by atoms with E-state index >= 15 is 0 Å². The Labute approximate surface area is 95.8 Å². The summed E-state index contributed by atoms with van der Waals surface area (Å²) in [6, 6.07) is 4.35. The monoisotopic (exact) mass is 228 g/mol. The maximum atomic E-state index is 5.72. The molecule has 4 heteroatoms. The maximum Gasteiger partial charge on any atom is 0.129 e. The Morgan fingerprint density at radius 2 is 2.20 bits per heavy atom. The third-order valence-electron chi connectivity index (χ3n) is 2.20. The van der Waals surface area contributed by atoms with E-state index in [1.165, 1.54) is 0 Å². The van der Waals surface area contributed by atoms with E-state index in [-0.39, 0.29) is 6.04 Å². The first-order chi connectivity index (χ1) is 7.13. The van der Waals surface area contributed by atoms with Gasteiger partial charge in [0.2, 0.25) is 0 Å². The number of ether oxygens (including phenoxy) is 1. The zero-order valence-corrected chi connectivity index (χ0v) is 10.1. The van der Waals surface area contributed by atoms with Gasteiger partial charge in [-0.05, 0) is 25.5 Å². The Hall–Kier alpha value is -0.640. The number of nitrogens with one attached hydrogen (secondary N) is 1. The van der Waals surface area contributed by atoms with Crippen molar-refractivity contribution in [1.29, 1.82) is 0 Å². The molecular formula is C11H17ClN2O. The van der Waals surface area contributed by atoms with Gasteiger partial charge in [-0.3, -0.25) is 0 Å². The van der Waals surface area contributed by atoms with Crippen LogP contribution in [-0.4, -0.2) is 24.7 Å². The molecule has 0 aliphatic heterocycles. The van der Waals surface area contributed by atoms with Crippen molar-refractivity contribution in [3.63, 3.8) is 0 Å². The summed E-state index contributed by atoms with van der Waals surface area (Å²) >= 11 is 5.72. The summed E-state index contributed by atoms with van der Waals surface area (Å²) in [7, 11) is 1.70. The Kier molecular flexibility index (Phi) is 5.02. The fourth-order valence-corrected chi connectivity index (χ4v) is 1.58. The predicted molar refractivity (Wildman–Crippen MR) is 62.1 cm³/mol. The molecule has 84 valence electrons. The van der Waals surface area contributed by atoms with Gasteiger partial charge in [0, 0.05) is 25.4 Å². The number of nitrogens with zero attached hydrogens (tertiary/aromatic N) is 1. The molecule has 0 aliphatic rings. The minimum Gasteiger partial charge on any atom is -0.383 e. The van der Waals surface area contributed by atoms with Gasteiger partial charge in [0.15, 0.2) is 0 Å². The second kappa shape index (κ2) is 6.05. The molecule has 15 heavy (non-hydrogen) atoms. The summed E-state index contributed by atoms with van der Waals surface area (Å²) in [6.07, 6.45) is 1.79. The predicted octanol–water partition coefficient (Wildman–Crippen LogP) is 2.42. The van der Waals surface area contributed by atoms with Gasteiger partial charge in [-0.2, -0.15) is 0 Å². The minimum absolute atomic E-state index is 0.250. The lowest BCUT2D eigenvalue weighted by molar-refractivity contribution is 0.167. The first-order valence-electron chi connectivity index (χ1n) is 5.00. The van der Waals surface area contributed by atoms with E-state index in [0.29, 0.717) is 17.8 Å². The molecular weight excluding hydrogens is 212 g/mol. The third-order valence-corrected chi connectivity index (χ3v) is 2.43. The zero-order chi connectivity index (χ0) is 11.3. The number of aromatic nitrogens is 1. The minimum atomic E-state index is 0.250. The lowest BCUT2D eigenvalue weighted by Crippen LogP contribution is -2.32. The average molecular weight is 229 g/mol. The van der Waals surface area contributed by atoms with Crippen molar-refractivity contribution in [3.8, 4) is 0 Å². The van der Waals surface area contributed by atoms with Crippen LogP contribution in [0, 0.1) is 0 Å². The van der Waals surface area contributed by atoms with Gasteiger partial charge >= 0.3 is 0 Å². The highest BCUT2D eigenvalue weighted by Crippen LogP contribution is 2.13. The van der Waals surface area contributed by atoms with Crippen molar-refractivity contribution >= 4 is 11.6 Å². The number of hydrogen-bond acceptors (Lipinski definition) is 3. The molecule has 0 saturated carbocycles. The number of pyridine rings is 1. The highest BCUT2D eigenvalue weighted by atomic mass is 35.5. The van der Waals surface area contributed by atoms with Crippen LogP contribution < -0.4 is 5.32 Å². The van der Waals surface area contributed by atoms with Crippen LogP contribution in [0.5, 0.6) is 0 Å². The van der Waals surface area contributed by atoms with E-state index in [4.69, 9.17) is 16.3 Å². The SMILES string of the molecule is COCC(C)NC(C)c1ccc(Cl)nc1. The smallest absolute Gasteiger partial charge is 0.129 e. The molecule has 2 unspecified atom stereocenters. The van der Waals surface area contributed by atoms with Crippen LogP contribution in [0.15, 0.2) is 18.3 Å². The Balaban J connectivity index is 2.53. The largest absolute Gasteiger partial charge is 0.383 e. The number of rotatable bonds is 5. The molecule has 1 rings (SSSR count). The van der Waals surface area contributed by atoms with Gasteiger partial charge < -0.3 is 10.1 Å². The Bertz CT molecular complexity index is 289. The molecule has 1 heterocycles. The highest BCUT2D eigenvalue weighted by Gasteiger charge is 2.09. The van der Waals surface area contributed by atoms with Crippen LogP contribution in [0.1, 0.15) is 25.5 Å². The number of hydrogen-bond donors (Lipinski definition) is 1. The second-order valence-corrected chi connectivity index (χ2v) is 4.05. The molecule has 0 aromatic carbocycles. The molecule has 0 amide bonds. The Morgan fingerprint density at radius 3 is 2.73 bits per heavy atom. The fourth-order valence-electron chi connectivity index (χ4n) is 1.46. The quantitative estimate of drug-likeness (QED) is 0.786. The summed E-state index contributed by atoms with van der Waals surface area (Å²) in [5, 5.41) is 3.93. The number of halogens is 1. The number of methoxy groups -OCH3 is 1. The summed E-state index contributed by atoms with van der Waals surface area (Å²) in [6.45, 7) is 4.88. The normalized spacial score (nSPS) is 14.9. The topological polar surface area (TPSA) is 34.1 Å². The molecule has 3 nitrogen and oxygen atoms in total. The van der Waals surface area contributed by atoms with E-state index in [2.05, 4.69) is 24.1 Å². The van der Waals surface area contributed by atoms with E-state index < -0.39 is 0 Å². The van der Waals surface area contributed by atoms with Gasteiger partial charge in [-0.25, -0.2) is 4.98 Å². The van der Waals surface area contributed by atoms with Crippen LogP contribution in [0.3, 0.4) is 0 Å². The Morgan fingerprint density at radius 1 is 1.47 bits per heavy atom. The first-order valence-corrected chi connectivity index (χ1v) is 5.37. The van der Waals surface area contributed by atoms with E-state index in [1.54, 1.807) is 19.4 Å². The van der Waals surface area contributed by atoms with E-state index in [0.717, 1.165) is 5.56 Å². The van der Waals surface area contributed by atoms with Gasteiger partial charge in [-0.1, -0.05) is 17.7 Å². The van der Waals surface area contributed by atoms with Crippen molar-refractivity contribution < 1.29 is 4.74 Å². The van der Waals surface area contributed by atoms with Gasteiger partial charge in [0.1, 0.15) is 5.15 Å². The van der Waals surface area contributed by atoms with Crippen LogP contribution >= 0.6 is 11.6 Å².